The van der Waals surface area contributed by atoms with Gasteiger partial charge in [-0.25, -0.2) is 13.1 Å². The lowest BCUT2D eigenvalue weighted by atomic mass is 10.2. The number of hydrogen-bond donors (Lipinski definition) is 1. The molecule has 0 aliphatic heterocycles. The molecule has 0 spiro atoms. The molecule has 8 heteroatoms. The molecule has 0 aromatic heterocycles. The summed E-state index contributed by atoms with van der Waals surface area (Å²) in [6.45, 7) is 0.0192. The summed E-state index contributed by atoms with van der Waals surface area (Å²) in [5.41, 5.74) is 0.543. The molecule has 0 unspecified atom stereocenters. The van der Waals surface area contributed by atoms with Gasteiger partial charge in [-0.1, -0.05) is 35.3 Å². The number of halogens is 3. The zero-order valence-corrected chi connectivity index (χ0v) is 14.1. The Morgan fingerprint density at radius 2 is 1.73 bits per heavy atom. The van der Waals surface area contributed by atoms with Crippen LogP contribution in [0.25, 0.3) is 0 Å². The molecule has 0 aliphatic rings. The molecule has 0 heterocycles. The van der Waals surface area contributed by atoms with Crippen LogP contribution in [-0.2, 0) is 16.6 Å². The van der Waals surface area contributed by atoms with E-state index in [1.165, 1.54) is 18.2 Å². The standard InChI is InChI=1S/C14H10Cl3NO3S/c15-10-3-1-2-9(6-10)8-18-22(20,21)13-7-11(16)4-5-12(13)14(17)19/h1-7,18H,8H2. The lowest BCUT2D eigenvalue weighted by Gasteiger charge is -2.10. The number of hydrogen-bond acceptors (Lipinski definition) is 3. The van der Waals surface area contributed by atoms with Crippen molar-refractivity contribution in [3.63, 3.8) is 0 Å². The van der Waals surface area contributed by atoms with Crippen LogP contribution in [0.15, 0.2) is 47.4 Å². The summed E-state index contributed by atoms with van der Waals surface area (Å²) in [6.07, 6.45) is 0. The van der Waals surface area contributed by atoms with E-state index >= 15 is 0 Å². The molecule has 1 N–H and O–H groups in total. The van der Waals surface area contributed by atoms with Gasteiger partial charge in [0.1, 0.15) is 0 Å². The molecule has 0 saturated carbocycles. The van der Waals surface area contributed by atoms with Crippen molar-refractivity contribution in [2.45, 2.75) is 11.4 Å². The van der Waals surface area contributed by atoms with Crippen molar-refractivity contribution in [1.29, 1.82) is 0 Å². The highest BCUT2D eigenvalue weighted by atomic mass is 35.5. The van der Waals surface area contributed by atoms with Gasteiger partial charge in [0.05, 0.1) is 10.5 Å². The fourth-order valence-electron chi connectivity index (χ4n) is 1.78. The first-order valence-corrected chi connectivity index (χ1v) is 8.65. The van der Waals surface area contributed by atoms with Crippen LogP contribution in [0.4, 0.5) is 0 Å². The first-order chi connectivity index (χ1) is 10.3. The van der Waals surface area contributed by atoms with Crippen molar-refractivity contribution in [3.8, 4) is 0 Å². The van der Waals surface area contributed by atoms with E-state index in [-0.39, 0.29) is 22.0 Å². The topological polar surface area (TPSA) is 63.2 Å². The Labute approximate surface area is 143 Å². The second kappa shape index (κ2) is 6.98. The zero-order chi connectivity index (χ0) is 16.3. The SMILES string of the molecule is O=C(Cl)c1ccc(Cl)cc1S(=O)(=O)NCc1cccc(Cl)c1. The van der Waals surface area contributed by atoms with E-state index in [9.17, 15) is 13.2 Å². The average molecular weight is 379 g/mol. The molecular weight excluding hydrogens is 369 g/mol. The number of carbonyl (C=O) groups is 1. The van der Waals surface area contributed by atoms with Gasteiger partial charge < -0.3 is 0 Å². The molecule has 2 aromatic rings. The van der Waals surface area contributed by atoms with E-state index < -0.39 is 15.3 Å². The van der Waals surface area contributed by atoms with Crippen molar-refractivity contribution in [1.82, 2.24) is 4.72 Å². The lowest BCUT2D eigenvalue weighted by molar-refractivity contribution is 0.107. The first-order valence-electron chi connectivity index (χ1n) is 6.03. The third-order valence-corrected chi connectivity index (χ3v) is 4.92. The maximum Gasteiger partial charge on any atom is 0.253 e. The highest BCUT2D eigenvalue weighted by Gasteiger charge is 2.22. The Bertz CT molecular complexity index is 822. The van der Waals surface area contributed by atoms with Crippen LogP contribution in [0, 0.1) is 0 Å². The summed E-state index contributed by atoms with van der Waals surface area (Å²) in [5.74, 6) is 0. The van der Waals surface area contributed by atoms with Gasteiger partial charge in [0.25, 0.3) is 5.24 Å². The molecular formula is C14H10Cl3NO3S. The van der Waals surface area contributed by atoms with Gasteiger partial charge in [-0.2, -0.15) is 0 Å². The maximum atomic E-state index is 12.4. The predicted molar refractivity (Wildman–Crippen MR) is 87.1 cm³/mol. The lowest BCUT2D eigenvalue weighted by Crippen LogP contribution is -2.24. The van der Waals surface area contributed by atoms with E-state index in [4.69, 9.17) is 34.8 Å². The average Bonchev–Trinajstić information content (AvgIpc) is 2.45. The molecule has 4 nitrogen and oxygen atoms in total. The highest BCUT2D eigenvalue weighted by molar-refractivity contribution is 7.89. The van der Waals surface area contributed by atoms with Crippen LogP contribution in [0.2, 0.25) is 10.0 Å². The summed E-state index contributed by atoms with van der Waals surface area (Å²) in [7, 11) is -3.95. The van der Waals surface area contributed by atoms with Gasteiger partial charge in [0, 0.05) is 16.6 Å². The van der Waals surface area contributed by atoms with Gasteiger partial charge in [-0.05, 0) is 47.5 Å². The van der Waals surface area contributed by atoms with Crippen LogP contribution in [-0.4, -0.2) is 13.7 Å². The van der Waals surface area contributed by atoms with E-state index in [1.807, 2.05) is 0 Å². The van der Waals surface area contributed by atoms with E-state index in [0.717, 1.165) is 0 Å². The van der Waals surface area contributed by atoms with E-state index in [1.54, 1.807) is 24.3 Å². The van der Waals surface area contributed by atoms with Crippen molar-refractivity contribution in [2.75, 3.05) is 0 Å². The van der Waals surface area contributed by atoms with Gasteiger partial charge >= 0.3 is 0 Å². The quantitative estimate of drug-likeness (QED) is 0.804. The van der Waals surface area contributed by atoms with Crippen LogP contribution in [0.3, 0.4) is 0 Å². The van der Waals surface area contributed by atoms with Crippen LogP contribution >= 0.6 is 34.8 Å². The Morgan fingerprint density at radius 3 is 2.36 bits per heavy atom. The molecule has 0 atom stereocenters. The van der Waals surface area contributed by atoms with Crippen molar-refractivity contribution < 1.29 is 13.2 Å². The zero-order valence-electron chi connectivity index (χ0n) is 11.0. The summed E-state index contributed by atoms with van der Waals surface area (Å²) < 4.78 is 27.1. The van der Waals surface area contributed by atoms with E-state index in [0.29, 0.717) is 10.6 Å². The Hall–Kier alpha value is -1.11. The predicted octanol–water partition coefficient (Wildman–Crippen LogP) is 3.85. The fourth-order valence-corrected chi connectivity index (χ4v) is 3.70. The van der Waals surface area contributed by atoms with Crippen molar-refractivity contribution in [2.24, 2.45) is 0 Å². The first kappa shape index (κ1) is 17.2. The van der Waals surface area contributed by atoms with Crippen LogP contribution in [0.5, 0.6) is 0 Å². The molecule has 0 fully saturated rings. The fraction of sp³-hybridized carbons (Fsp3) is 0.0714. The third-order valence-electron chi connectivity index (χ3n) is 2.80. The molecule has 22 heavy (non-hydrogen) atoms. The Kier molecular flexibility index (Phi) is 5.47. The largest absolute Gasteiger partial charge is 0.276 e. The highest BCUT2D eigenvalue weighted by Crippen LogP contribution is 2.22. The minimum Gasteiger partial charge on any atom is -0.276 e. The number of benzene rings is 2. The smallest absolute Gasteiger partial charge is 0.253 e. The molecule has 0 aliphatic carbocycles. The van der Waals surface area contributed by atoms with Gasteiger partial charge in [0.2, 0.25) is 10.0 Å². The van der Waals surface area contributed by atoms with Crippen LogP contribution in [0.1, 0.15) is 15.9 Å². The number of carbonyl (C=O) groups excluding carboxylic acids is 1. The normalized spacial score (nSPS) is 11.4. The molecule has 0 bridgehead atoms. The molecule has 2 rings (SSSR count). The van der Waals surface area contributed by atoms with Crippen LogP contribution < -0.4 is 4.72 Å². The molecule has 0 amide bonds. The number of nitrogens with one attached hydrogen (secondary N) is 1. The summed E-state index contributed by atoms with van der Waals surface area (Å²) in [4.78, 5) is 11.1. The van der Waals surface area contributed by atoms with Gasteiger partial charge in [0.15, 0.2) is 0 Å². The van der Waals surface area contributed by atoms with Crippen molar-refractivity contribution >= 4 is 50.1 Å². The molecule has 116 valence electrons. The minimum absolute atomic E-state index is 0.0192. The number of sulfonamides is 1. The third kappa shape index (κ3) is 4.21. The number of rotatable bonds is 5. The minimum atomic E-state index is -3.95. The maximum absolute atomic E-state index is 12.4. The summed E-state index contributed by atoms with van der Waals surface area (Å²) in [5, 5.41) is -0.194. The van der Waals surface area contributed by atoms with E-state index in [2.05, 4.69) is 4.72 Å². The second-order valence-electron chi connectivity index (χ2n) is 4.37. The molecule has 0 saturated heterocycles. The van der Waals surface area contributed by atoms with Gasteiger partial charge in [-0.3, -0.25) is 4.79 Å². The monoisotopic (exact) mass is 377 g/mol. The molecule has 0 radical (unpaired) electrons. The van der Waals surface area contributed by atoms with Gasteiger partial charge in [-0.15, -0.1) is 0 Å². The summed E-state index contributed by atoms with van der Waals surface area (Å²) in [6, 6.07) is 10.6. The van der Waals surface area contributed by atoms with Crippen molar-refractivity contribution in [3.05, 3.63) is 63.6 Å². The Balaban J connectivity index is 2.31. The summed E-state index contributed by atoms with van der Waals surface area (Å²) >= 11 is 17.1. The second-order valence-corrected chi connectivity index (χ2v) is 7.32. The molecule has 2 aromatic carbocycles. The Morgan fingerprint density at radius 1 is 1.05 bits per heavy atom.